The predicted molar refractivity (Wildman–Crippen MR) is 75.6 cm³/mol. The maximum Gasteiger partial charge on any atom is 0.251 e. The second-order valence-electron chi connectivity index (χ2n) is 4.07. The van der Waals surface area contributed by atoms with Crippen LogP contribution in [0.25, 0.3) is 0 Å². The minimum atomic E-state index is -0.171. The molecular formula is C13H13Cl3N3O-. The summed E-state index contributed by atoms with van der Waals surface area (Å²) in [6, 6.07) is 4.79. The Kier molecular flexibility index (Phi) is 6.85. The van der Waals surface area contributed by atoms with Crippen molar-refractivity contribution in [2.75, 3.05) is 6.54 Å². The average molecular weight is 334 g/mol. The molecule has 0 bridgehead atoms. The molecule has 0 unspecified atom stereocenters. The van der Waals surface area contributed by atoms with Crippen LogP contribution in [0, 0.1) is 0 Å². The number of nitrogens with one attached hydrogen (secondary N) is 1. The summed E-state index contributed by atoms with van der Waals surface area (Å²) < 4.78 is 1.96. The maximum atomic E-state index is 11.9. The summed E-state index contributed by atoms with van der Waals surface area (Å²) in [6.07, 6.45) is 6.19. The number of carbonyl (C=O) groups is 1. The molecule has 1 amide bonds. The third-order valence-electron chi connectivity index (χ3n) is 2.56. The first-order valence-corrected chi connectivity index (χ1v) is 6.61. The number of imidazole rings is 1. The number of aromatic nitrogens is 2. The van der Waals surface area contributed by atoms with E-state index in [1.165, 1.54) is 0 Å². The van der Waals surface area contributed by atoms with E-state index in [2.05, 4.69) is 10.3 Å². The monoisotopic (exact) mass is 332 g/mol. The molecule has 1 aromatic carbocycles. The standard InChI is InChI=1S/C13H13Cl2N3O.ClH/c14-11-6-10(7-12(15)8-11)13(19)17-2-1-4-18-5-3-16-9-18;/h3,5-9H,1-2,4H2,(H,17,19);1H/p-1. The summed E-state index contributed by atoms with van der Waals surface area (Å²) >= 11 is 11.7. The summed E-state index contributed by atoms with van der Waals surface area (Å²) in [5.74, 6) is -0.171. The van der Waals surface area contributed by atoms with Gasteiger partial charge in [0.05, 0.1) is 6.33 Å². The lowest BCUT2D eigenvalue weighted by Gasteiger charge is -2.06. The van der Waals surface area contributed by atoms with Crippen LogP contribution in [0.3, 0.4) is 0 Å². The molecule has 1 N–H and O–H groups in total. The lowest BCUT2D eigenvalue weighted by atomic mass is 10.2. The van der Waals surface area contributed by atoms with Crippen molar-refractivity contribution in [3.05, 3.63) is 52.5 Å². The lowest BCUT2D eigenvalue weighted by Crippen LogP contribution is -3.00. The largest absolute Gasteiger partial charge is 1.00 e. The highest BCUT2D eigenvalue weighted by atomic mass is 35.5. The van der Waals surface area contributed by atoms with Crippen LogP contribution in [0.15, 0.2) is 36.9 Å². The third-order valence-corrected chi connectivity index (χ3v) is 3.00. The van der Waals surface area contributed by atoms with E-state index in [1.807, 2.05) is 10.8 Å². The Morgan fingerprint density at radius 1 is 1.25 bits per heavy atom. The predicted octanol–water partition coefficient (Wildman–Crippen LogP) is 0.0140. The highest BCUT2D eigenvalue weighted by Gasteiger charge is 2.07. The van der Waals surface area contributed by atoms with Crippen LogP contribution in [0.1, 0.15) is 16.8 Å². The molecule has 1 aromatic heterocycles. The molecule has 0 radical (unpaired) electrons. The van der Waals surface area contributed by atoms with Crippen molar-refractivity contribution in [2.45, 2.75) is 13.0 Å². The first kappa shape index (κ1) is 16.8. The van der Waals surface area contributed by atoms with Crippen LogP contribution in [0.4, 0.5) is 0 Å². The van der Waals surface area contributed by atoms with Gasteiger partial charge in [0.15, 0.2) is 0 Å². The van der Waals surface area contributed by atoms with Gasteiger partial charge in [0.2, 0.25) is 0 Å². The van der Waals surface area contributed by atoms with E-state index in [0.717, 1.165) is 13.0 Å². The molecule has 0 atom stereocenters. The molecule has 2 rings (SSSR count). The quantitative estimate of drug-likeness (QED) is 0.784. The van der Waals surface area contributed by atoms with E-state index in [1.54, 1.807) is 30.7 Å². The van der Waals surface area contributed by atoms with E-state index in [4.69, 9.17) is 23.2 Å². The van der Waals surface area contributed by atoms with E-state index < -0.39 is 0 Å². The summed E-state index contributed by atoms with van der Waals surface area (Å²) in [7, 11) is 0. The van der Waals surface area contributed by atoms with Gasteiger partial charge >= 0.3 is 0 Å². The molecule has 20 heavy (non-hydrogen) atoms. The second kappa shape index (κ2) is 8.15. The molecular weight excluding hydrogens is 321 g/mol. The van der Waals surface area contributed by atoms with Crippen LogP contribution in [-0.4, -0.2) is 22.0 Å². The number of halogens is 3. The van der Waals surface area contributed by atoms with Gasteiger partial charge in [-0.05, 0) is 24.6 Å². The van der Waals surface area contributed by atoms with Crippen molar-refractivity contribution in [1.29, 1.82) is 0 Å². The highest BCUT2D eigenvalue weighted by molar-refractivity contribution is 6.35. The van der Waals surface area contributed by atoms with Gasteiger partial charge in [0.1, 0.15) is 0 Å². The van der Waals surface area contributed by atoms with Gasteiger partial charge in [-0.25, -0.2) is 4.98 Å². The fourth-order valence-electron chi connectivity index (χ4n) is 1.67. The molecule has 0 aliphatic rings. The molecule has 7 heteroatoms. The Morgan fingerprint density at radius 3 is 2.55 bits per heavy atom. The molecule has 0 spiro atoms. The molecule has 1 heterocycles. The van der Waals surface area contributed by atoms with Crippen molar-refractivity contribution in [2.24, 2.45) is 0 Å². The molecule has 0 fully saturated rings. The van der Waals surface area contributed by atoms with Crippen molar-refractivity contribution in [1.82, 2.24) is 14.9 Å². The van der Waals surface area contributed by atoms with Crippen LogP contribution >= 0.6 is 23.2 Å². The second-order valence-corrected chi connectivity index (χ2v) is 4.94. The van der Waals surface area contributed by atoms with E-state index >= 15 is 0 Å². The molecule has 108 valence electrons. The van der Waals surface area contributed by atoms with Crippen molar-refractivity contribution < 1.29 is 17.2 Å². The summed E-state index contributed by atoms with van der Waals surface area (Å²) in [6.45, 7) is 1.40. The third kappa shape index (κ3) is 5.04. The Hall–Kier alpha value is -1.23. The molecule has 0 saturated carbocycles. The maximum absolute atomic E-state index is 11.9. The molecule has 0 aliphatic heterocycles. The zero-order valence-corrected chi connectivity index (χ0v) is 12.8. The Balaban J connectivity index is 0.00000200. The Bertz CT molecular complexity index is 538. The first-order chi connectivity index (χ1) is 9.15. The molecule has 0 saturated heterocycles. The number of hydrogen-bond donors (Lipinski definition) is 1. The highest BCUT2D eigenvalue weighted by Crippen LogP contribution is 2.18. The molecule has 2 aromatic rings. The van der Waals surface area contributed by atoms with Crippen molar-refractivity contribution >= 4 is 29.1 Å². The Morgan fingerprint density at radius 2 is 1.95 bits per heavy atom. The summed E-state index contributed by atoms with van der Waals surface area (Å²) in [5.41, 5.74) is 0.472. The van der Waals surface area contributed by atoms with Crippen molar-refractivity contribution in [3.8, 4) is 0 Å². The number of hydrogen-bond acceptors (Lipinski definition) is 2. The van der Waals surface area contributed by atoms with Gasteiger partial charge in [-0.3, -0.25) is 4.79 Å². The van der Waals surface area contributed by atoms with Crippen molar-refractivity contribution in [3.63, 3.8) is 0 Å². The van der Waals surface area contributed by atoms with Gasteiger partial charge in [-0.15, -0.1) is 0 Å². The van der Waals surface area contributed by atoms with Crippen LogP contribution in [0.2, 0.25) is 10.0 Å². The number of nitrogens with zero attached hydrogens (tertiary/aromatic N) is 2. The fraction of sp³-hybridized carbons (Fsp3) is 0.231. The van der Waals surface area contributed by atoms with Crippen LogP contribution < -0.4 is 17.7 Å². The zero-order chi connectivity index (χ0) is 13.7. The number of carbonyl (C=O) groups excluding carboxylic acids is 1. The van der Waals surface area contributed by atoms with Crippen LogP contribution in [0.5, 0.6) is 0 Å². The minimum Gasteiger partial charge on any atom is -1.00 e. The number of amides is 1. The smallest absolute Gasteiger partial charge is 0.251 e. The minimum absolute atomic E-state index is 0. The topological polar surface area (TPSA) is 46.9 Å². The van der Waals surface area contributed by atoms with Gasteiger partial charge in [-0.1, -0.05) is 23.2 Å². The first-order valence-electron chi connectivity index (χ1n) is 5.85. The average Bonchev–Trinajstić information content (AvgIpc) is 2.86. The molecule has 0 aliphatic carbocycles. The van der Waals surface area contributed by atoms with E-state index in [-0.39, 0.29) is 18.3 Å². The SMILES string of the molecule is O=C(NCCCn1ccnc1)c1cc(Cl)cc(Cl)c1.[Cl-]. The number of rotatable bonds is 5. The normalized spacial score (nSPS) is 9.90. The zero-order valence-electron chi connectivity index (χ0n) is 10.5. The van der Waals surface area contributed by atoms with E-state index in [0.29, 0.717) is 22.2 Å². The lowest BCUT2D eigenvalue weighted by molar-refractivity contribution is -0.0000121. The Labute approximate surface area is 133 Å². The molecule has 4 nitrogen and oxygen atoms in total. The van der Waals surface area contributed by atoms with Gasteiger partial charge in [-0.2, -0.15) is 0 Å². The van der Waals surface area contributed by atoms with E-state index in [9.17, 15) is 4.79 Å². The van der Waals surface area contributed by atoms with Crippen LogP contribution in [-0.2, 0) is 6.54 Å². The summed E-state index contributed by atoms with van der Waals surface area (Å²) in [5, 5.41) is 3.74. The number of benzene rings is 1. The fourth-order valence-corrected chi connectivity index (χ4v) is 2.20. The van der Waals surface area contributed by atoms with Gasteiger partial charge in [0, 0.05) is 41.1 Å². The van der Waals surface area contributed by atoms with Gasteiger partial charge < -0.3 is 22.3 Å². The number of aryl methyl sites for hydroxylation is 1. The summed E-state index contributed by atoms with van der Waals surface area (Å²) in [4.78, 5) is 15.8. The van der Waals surface area contributed by atoms with Gasteiger partial charge in [0.25, 0.3) is 5.91 Å².